The van der Waals surface area contributed by atoms with Gasteiger partial charge in [0.2, 0.25) is 0 Å². The molecule has 24 heavy (non-hydrogen) atoms. The van der Waals surface area contributed by atoms with Crippen LogP contribution >= 0.6 is 0 Å². The third-order valence-electron chi connectivity index (χ3n) is 3.65. The number of hydrogen-bond acceptors (Lipinski definition) is 5. The monoisotopic (exact) mass is 327 g/mol. The number of aromatic nitrogens is 4. The Labute approximate surface area is 137 Å². The van der Waals surface area contributed by atoms with E-state index in [1.807, 2.05) is 13.8 Å². The van der Waals surface area contributed by atoms with Gasteiger partial charge in [-0.15, -0.1) is 0 Å². The molecule has 0 saturated heterocycles. The van der Waals surface area contributed by atoms with Crippen molar-refractivity contribution in [1.82, 2.24) is 19.5 Å². The highest BCUT2D eigenvalue weighted by Gasteiger charge is 2.20. The average Bonchev–Trinajstić information content (AvgIpc) is 2.89. The lowest BCUT2D eigenvalue weighted by Gasteiger charge is -2.09. The van der Waals surface area contributed by atoms with Gasteiger partial charge in [0.1, 0.15) is 11.3 Å². The third-order valence-corrected chi connectivity index (χ3v) is 3.65. The van der Waals surface area contributed by atoms with E-state index in [4.69, 9.17) is 10.5 Å². The predicted molar refractivity (Wildman–Crippen MR) is 89.0 cm³/mol. The number of fused-ring (bicyclic) bond motifs is 1. The molecule has 3 aromatic rings. The number of rotatable bonds is 4. The molecule has 3 N–H and O–H groups in total. The highest BCUT2D eigenvalue weighted by Crippen LogP contribution is 2.24. The SMILES string of the molecule is COc1cccc(-c2nc(C(N)=O)c3[nH]c(=O)n(C(C)C)c3n2)c1. The Hall–Kier alpha value is -3.16. The molecule has 1 aromatic carbocycles. The maximum atomic E-state index is 12.2. The lowest BCUT2D eigenvalue weighted by molar-refractivity contribution is 0.0997. The van der Waals surface area contributed by atoms with E-state index >= 15 is 0 Å². The number of ether oxygens (including phenoxy) is 1. The Morgan fingerprint density at radius 3 is 2.71 bits per heavy atom. The van der Waals surface area contributed by atoms with Crippen molar-refractivity contribution >= 4 is 17.1 Å². The Morgan fingerprint density at radius 1 is 1.33 bits per heavy atom. The quantitative estimate of drug-likeness (QED) is 0.753. The van der Waals surface area contributed by atoms with Crippen LogP contribution in [-0.4, -0.2) is 32.5 Å². The molecular weight excluding hydrogens is 310 g/mol. The summed E-state index contributed by atoms with van der Waals surface area (Å²) < 4.78 is 6.66. The molecule has 0 atom stereocenters. The number of primary amides is 1. The van der Waals surface area contributed by atoms with E-state index in [0.717, 1.165) is 0 Å². The maximum absolute atomic E-state index is 12.2. The number of nitrogens with one attached hydrogen (secondary N) is 1. The Morgan fingerprint density at radius 2 is 2.08 bits per heavy atom. The molecule has 0 aliphatic heterocycles. The second-order valence-electron chi connectivity index (χ2n) is 5.58. The van der Waals surface area contributed by atoms with Crippen molar-refractivity contribution in [3.05, 3.63) is 40.4 Å². The van der Waals surface area contributed by atoms with Crippen molar-refractivity contribution in [2.45, 2.75) is 19.9 Å². The van der Waals surface area contributed by atoms with Gasteiger partial charge in [0.05, 0.1) is 7.11 Å². The van der Waals surface area contributed by atoms with Crippen LogP contribution in [0.2, 0.25) is 0 Å². The first-order chi connectivity index (χ1) is 11.4. The Balaban J connectivity index is 2.35. The molecule has 2 heterocycles. The number of hydrogen-bond donors (Lipinski definition) is 2. The topological polar surface area (TPSA) is 116 Å². The molecule has 0 unspecified atom stereocenters. The highest BCUT2D eigenvalue weighted by molar-refractivity contribution is 6.01. The van der Waals surface area contributed by atoms with E-state index in [1.54, 1.807) is 31.4 Å². The molecule has 0 saturated carbocycles. The first kappa shape index (κ1) is 15.7. The molecule has 1 amide bonds. The summed E-state index contributed by atoms with van der Waals surface area (Å²) in [5.41, 5.74) is 6.30. The van der Waals surface area contributed by atoms with Crippen molar-refractivity contribution < 1.29 is 9.53 Å². The zero-order valence-electron chi connectivity index (χ0n) is 13.5. The molecule has 0 aliphatic carbocycles. The van der Waals surface area contributed by atoms with Crippen LogP contribution in [0.25, 0.3) is 22.6 Å². The number of nitrogens with zero attached hydrogens (tertiary/aromatic N) is 3. The lowest BCUT2D eigenvalue weighted by atomic mass is 10.2. The van der Waals surface area contributed by atoms with Gasteiger partial charge in [-0.25, -0.2) is 14.8 Å². The van der Waals surface area contributed by atoms with Gasteiger partial charge in [-0.2, -0.15) is 0 Å². The van der Waals surface area contributed by atoms with Crippen LogP contribution in [0.5, 0.6) is 5.75 Å². The molecule has 124 valence electrons. The largest absolute Gasteiger partial charge is 0.497 e. The lowest BCUT2D eigenvalue weighted by Crippen LogP contribution is -2.18. The van der Waals surface area contributed by atoms with Crippen LogP contribution < -0.4 is 16.2 Å². The van der Waals surface area contributed by atoms with Gasteiger partial charge in [-0.3, -0.25) is 9.36 Å². The third kappa shape index (κ3) is 2.51. The molecule has 0 radical (unpaired) electrons. The number of aromatic amines is 1. The van der Waals surface area contributed by atoms with Crippen LogP contribution in [-0.2, 0) is 0 Å². The Bertz CT molecular complexity index is 987. The van der Waals surface area contributed by atoms with Crippen molar-refractivity contribution in [1.29, 1.82) is 0 Å². The predicted octanol–water partition coefficient (Wildman–Crippen LogP) is 1.47. The van der Waals surface area contributed by atoms with Gasteiger partial charge in [0.25, 0.3) is 5.91 Å². The first-order valence-electron chi connectivity index (χ1n) is 7.39. The number of amides is 1. The minimum Gasteiger partial charge on any atom is -0.497 e. The number of H-pyrrole nitrogens is 1. The van der Waals surface area contributed by atoms with Crippen LogP contribution in [0.15, 0.2) is 29.1 Å². The summed E-state index contributed by atoms with van der Waals surface area (Å²) in [6, 6.07) is 6.98. The van der Waals surface area contributed by atoms with E-state index in [1.165, 1.54) is 4.57 Å². The van der Waals surface area contributed by atoms with Crippen LogP contribution in [0.4, 0.5) is 0 Å². The summed E-state index contributed by atoms with van der Waals surface area (Å²) in [6.07, 6.45) is 0. The molecule has 3 rings (SSSR count). The molecule has 8 heteroatoms. The number of imidazole rings is 1. The minimum atomic E-state index is -0.733. The molecule has 0 fully saturated rings. The second-order valence-corrected chi connectivity index (χ2v) is 5.58. The highest BCUT2D eigenvalue weighted by atomic mass is 16.5. The van der Waals surface area contributed by atoms with Gasteiger partial charge >= 0.3 is 5.69 Å². The van der Waals surface area contributed by atoms with Crippen molar-refractivity contribution in [3.8, 4) is 17.1 Å². The molecular formula is C16H17N5O3. The second kappa shape index (κ2) is 5.80. The molecule has 8 nitrogen and oxygen atoms in total. The minimum absolute atomic E-state index is 0.0191. The molecule has 2 aromatic heterocycles. The van der Waals surface area contributed by atoms with Crippen LogP contribution in [0, 0.1) is 0 Å². The van der Waals surface area contributed by atoms with E-state index in [0.29, 0.717) is 22.8 Å². The van der Waals surface area contributed by atoms with Crippen molar-refractivity contribution in [2.24, 2.45) is 5.73 Å². The zero-order valence-corrected chi connectivity index (χ0v) is 13.5. The van der Waals surface area contributed by atoms with Crippen molar-refractivity contribution in [3.63, 3.8) is 0 Å². The number of carbonyl (C=O) groups excluding carboxylic acids is 1. The molecule has 0 spiro atoms. The summed E-state index contributed by atoms with van der Waals surface area (Å²) in [6.45, 7) is 3.71. The smallest absolute Gasteiger partial charge is 0.327 e. The molecule has 0 aliphatic rings. The summed E-state index contributed by atoms with van der Waals surface area (Å²) in [7, 11) is 1.56. The summed E-state index contributed by atoms with van der Waals surface area (Å²) in [4.78, 5) is 35.3. The van der Waals surface area contributed by atoms with Crippen LogP contribution in [0.1, 0.15) is 30.4 Å². The average molecular weight is 327 g/mol. The van der Waals surface area contributed by atoms with E-state index in [2.05, 4.69) is 15.0 Å². The summed E-state index contributed by atoms with van der Waals surface area (Å²) >= 11 is 0. The van der Waals surface area contributed by atoms with Crippen molar-refractivity contribution in [2.75, 3.05) is 7.11 Å². The maximum Gasteiger partial charge on any atom is 0.327 e. The number of nitrogens with two attached hydrogens (primary N) is 1. The van der Waals surface area contributed by atoms with Gasteiger partial charge < -0.3 is 15.5 Å². The van der Waals surface area contributed by atoms with E-state index in [-0.39, 0.29) is 22.9 Å². The molecule has 0 bridgehead atoms. The summed E-state index contributed by atoms with van der Waals surface area (Å²) in [5.74, 6) is 0.194. The van der Waals surface area contributed by atoms with Gasteiger partial charge in [0, 0.05) is 11.6 Å². The standard InChI is InChI=1S/C16H17N5O3/c1-8(2)21-15-12(19-16(21)23)11(13(17)22)18-14(20-15)9-5-4-6-10(7-9)24-3/h4-8H,1-3H3,(H2,17,22)(H,19,23). The fourth-order valence-corrected chi connectivity index (χ4v) is 2.55. The van der Waals surface area contributed by atoms with Gasteiger partial charge in [-0.1, -0.05) is 12.1 Å². The number of carbonyl (C=O) groups is 1. The van der Waals surface area contributed by atoms with E-state index < -0.39 is 5.91 Å². The summed E-state index contributed by atoms with van der Waals surface area (Å²) in [5, 5.41) is 0. The Kier molecular flexibility index (Phi) is 3.80. The number of methoxy groups -OCH3 is 1. The fraction of sp³-hybridized carbons (Fsp3) is 0.250. The van der Waals surface area contributed by atoms with Gasteiger partial charge in [0.15, 0.2) is 17.2 Å². The zero-order chi connectivity index (χ0) is 17.4. The number of benzene rings is 1. The van der Waals surface area contributed by atoms with Crippen LogP contribution in [0.3, 0.4) is 0 Å². The van der Waals surface area contributed by atoms with Gasteiger partial charge in [-0.05, 0) is 26.0 Å². The first-order valence-corrected chi connectivity index (χ1v) is 7.39. The van der Waals surface area contributed by atoms with E-state index in [9.17, 15) is 9.59 Å². The normalized spacial score (nSPS) is 11.2. The fourth-order valence-electron chi connectivity index (χ4n) is 2.55.